The molecule has 0 amide bonds. The van der Waals surface area contributed by atoms with Gasteiger partial charge in [0.15, 0.2) is 0 Å². The third-order valence-corrected chi connectivity index (χ3v) is 5.37. The number of methoxy groups -OCH3 is 1. The molecule has 1 atom stereocenters. The fraction of sp³-hybridized carbons (Fsp3) is 0.261. The molecular weight excluding hydrogens is 459 g/mol. The first-order valence-corrected chi connectivity index (χ1v) is 10.1. The molecule has 178 valence electrons. The predicted molar refractivity (Wildman–Crippen MR) is 115 cm³/mol. The van der Waals surface area contributed by atoms with Crippen LogP contribution in [0.2, 0.25) is 0 Å². The molecule has 0 saturated carbocycles. The van der Waals surface area contributed by atoms with Crippen LogP contribution < -0.4 is 10.3 Å². The lowest BCUT2D eigenvalue weighted by molar-refractivity contribution is -0.141. The van der Waals surface area contributed by atoms with Crippen LogP contribution in [0.5, 0.6) is 5.75 Å². The number of hydrogen-bond donors (Lipinski definition) is 1. The summed E-state index contributed by atoms with van der Waals surface area (Å²) in [6, 6.07) is 10.3. The van der Waals surface area contributed by atoms with Crippen LogP contribution in [0.15, 0.2) is 53.3 Å². The van der Waals surface area contributed by atoms with Gasteiger partial charge in [0.1, 0.15) is 17.6 Å². The van der Waals surface area contributed by atoms with Crippen molar-refractivity contribution >= 4 is 11.0 Å². The first-order chi connectivity index (χ1) is 15.9. The van der Waals surface area contributed by atoms with Crippen LogP contribution in [0.3, 0.4) is 0 Å². The molecule has 2 aromatic carbocycles. The molecule has 1 N–H and O–H groups in total. The Hall–Kier alpha value is -3.76. The number of H-pyrrole nitrogens is 1. The number of fused-ring (bicyclic) bond motifs is 1. The van der Waals surface area contributed by atoms with Crippen LogP contribution in [-0.2, 0) is 12.1 Å². The summed E-state index contributed by atoms with van der Waals surface area (Å²) in [7, 11) is 1.52. The summed E-state index contributed by atoms with van der Waals surface area (Å²) in [4.78, 5) is 19.4. The second-order valence-corrected chi connectivity index (χ2v) is 7.83. The average Bonchev–Trinajstić information content (AvgIpc) is 3.20. The van der Waals surface area contributed by atoms with Gasteiger partial charge in [0, 0.05) is 24.1 Å². The Kier molecular flexibility index (Phi) is 5.66. The lowest BCUT2D eigenvalue weighted by atomic mass is 10.0. The summed E-state index contributed by atoms with van der Waals surface area (Å²) in [6.07, 6.45) is -4.98. The van der Waals surface area contributed by atoms with Crippen molar-refractivity contribution < 1.29 is 26.7 Å². The molecule has 4 aromatic rings. The molecule has 0 aliphatic heterocycles. The van der Waals surface area contributed by atoms with Gasteiger partial charge in [0.2, 0.25) is 0 Å². The van der Waals surface area contributed by atoms with E-state index in [0.717, 1.165) is 4.68 Å². The van der Waals surface area contributed by atoms with Gasteiger partial charge >= 0.3 is 6.18 Å². The molecule has 4 rings (SSSR count). The van der Waals surface area contributed by atoms with Crippen LogP contribution in [0, 0.1) is 0 Å². The summed E-state index contributed by atoms with van der Waals surface area (Å²) in [6.45, 7) is 1.97. The van der Waals surface area contributed by atoms with E-state index in [4.69, 9.17) is 4.74 Å². The van der Waals surface area contributed by atoms with Gasteiger partial charge in [-0.3, -0.25) is 4.79 Å². The zero-order chi connectivity index (χ0) is 24.8. The van der Waals surface area contributed by atoms with Crippen molar-refractivity contribution in [3.05, 3.63) is 75.8 Å². The van der Waals surface area contributed by atoms with Gasteiger partial charge in [-0.15, -0.1) is 0 Å². The largest absolute Gasteiger partial charge is 0.497 e. The third-order valence-electron chi connectivity index (χ3n) is 5.37. The average molecular weight is 478 g/mol. The van der Waals surface area contributed by atoms with E-state index in [-0.39, 0.29) is 16.9 Å². The normalized spacial score (nSPS) is 13.3. The van der Waals surface area contributed by atoms with Gasteiger partial charge in [-0.05, 0) is 37.3 Å². The smallest absolute Gasteiger partial charge is 0.416 e. The number of hydrogen-bond acceptors (Lipinski definition) is 4. The highest BCUT2D eigenvalue weighted by atomic mass is 19.4. The van der Waals surface area contributed by atoms with Gasteiger partial charge in [0.25, 0.3) is 11.5 Å². The van der Waals surface area contributed by atoms with E-state index in [2.05, 4.69) is 15.1 Å². The van der Waals surface area contributed by atoms with E-state index in [0.29, 0.717) is 36.1 Å². The summed E-state index contributed by atoms with van der Waals surface area (Å²) >= 11 is 0. The Labute approximate surface area is 190 Å². The molecule has 2 aromatic heterocycles. The Morgan fingerprint density at radius 2 is 1.76 bits per heavy atom. The minimum absolute atomic E-state index is 0.0802. The number of imidazole rings is 1. The number of ether oxygens (including phenoxy) is 1. The second-order valence-electron chi connectivity index (χ2n) is 7.83. The van der Waals surface area contributed by atoms with Gasteiger partial charge in [-0.2, -0.15) is 18.3 Å². The maximum absolute atomic E-state index is 13.9. The number of nitrogens with zero attached hydrogens (tertiary/aromatic N) is 3. The Balaban J connectivity index is 1.80. The fourth-order valence-corrected chi connectivity index (χ4v) is 3.63. The molecule has 34 heavy (non-hydrogen) atoms. The number of aromatic amines is 1. The van der Waals surface area contributed by atoms with E-state index >= 15 is 0 Å². The van der Waals surface area contributed by atoms with Crippen molar-refractivity contribution in [1.82, 2.24) is 19.7 Å². The van der Waals surface area contributed by atoms with Crippen LogP contribution in [0.25, 0.3) is 22.3 Å². The third kappa shape index (κ3) is 4.37. The monoisotopic (exact) mass is 478 g/mol. The number of alkyl halides is 5. The van der Waals surface area contributed by atoms with E-state index in [1.54, 1.807) is 31.2 Å². The topological polar surface area (TPSA) is 72.8 Å². The van der Waals surface area contributed by atoms with Crippen molar-refractivity contribution in [2.24, 2.45) is 0 Å². The number of halogens is 5. The van der Waals surface area contributed by atoms with Crippen molar-refractivity contribution in [1.29, 1.82) is 0 Å². The molecule has 2 heterocycles. The standard InChI is InChI=1S/C23H19F5N4O2/c1-12(32-20(33)8-7-17(31-32)13-5-4-6-14(9-13)34-3)21-29-18-10-15(22(2,24)25)16(23(26,27)28)11-19(18)30-21/h4-12H,1-3H3,(H,29,30). The van der Waals surface area contributed by atoms with Crippen molar-refractivity contribution in [2.75, 3.05) is 7.11 Å². The van der Waals surface area contributed by atoms with Crippen molar-refractivity contribution in [3.63, 3.8) is 0 Å². The summed E-state index contributed by atoms with van der Waals surface area (Å²) < 4.78 is 74.4. The SMILES string of the molecule is COc1cccc(-c2ccc(=O)n(C(C)c3nc4cc(C(C)(F)F)c(C(F)(F)F)cc4[nH]3)n2)c1. The number of benzene rings is 2. The van der Waals surface area contributed by atoms with Crippen molar-refractivity contribution in [3.8, 4) is 17.0 Å². The highest BCUT2D eigenvalue weighted by Gasteiger charge is 2.40. The lowest BCUT2D eigenvalue weighted by Gasteiger charge is -2.17. The van der Waals surface area contributed by atoms with Crippen LogP contribution in [-0.4, -0.2) is 26.9 Å². The highest BCUT2D eigenvalue weighted by molar-refractivity contribution is 5.78. The van der Waals surface area contributed by atoms with Gasteiger partial charge in [0.05, 0.1) is 29.4 Å². The van der Waals surface area contributed by atoms with E-state index < -0.39 is 34.8 Å². The minimum Gasteiger partial charge on any atom is -0.497 e. The quantitative estimate of drug-likeness (QED) is 0.383. The van der Waals surface area contributed by atoms with Crippen LogP contribution in [0.4, 0.5) is 22.0 Å². The molecule has 0 aliphatic rings. The molecule has 0 bridgehead atoms. The zero-order valence-electron chi connectivity index (χ0n) is 18.2. The Morgan fingerprint density at radius 1 is 1.03 bits per heavy atom. The van der Waals surface area contributed by atoms with Crippen LogP contribution >= 0.6 is 0 Å². The molecular formula is C23H19F5N4O2. The van der Waals surface area contributed by atoms with Gasteiger partial charge < -0.3 is 9.72 Å². The predicted octanol–water partition coefficient (Wildman–Crippen LogP) is 5.54. The van der Waals surface area contributed by atoms with E-state index in [1.165, 1.54) is 19.2 Å². The molecule has 1 unspecified atom stereocenters. The first-order valence-electron chi connectivity index (χ1n) is 10.1. The molecule has 0 aliphatic carbocycles. The molecule has 6 nitrogen and oxygen atoms in total. The lowest BCUT2D eigenvalue weighted by Crippen LogP contribution is -2.26. The summed E-state index contributed by atoms with van der Waals surface area (Å²) in [5.74, 6) is -3.05. The molecule has 0 radical (unpaired) electrons. The second kappa shape index (κ2) is 8.23. The van der Waals surface area contributed by atoms with Crippen LogP contribution in [0.1, 0.15) is 36.8 Å². The zero-order valence-corrected chi connectivity index (χ0v) is 18.2. The summed E-state index contributed by atoms with van der Waals surface area (Å²) in [5, 5.41) is 4.37. The molecule has 11 heteroatoms. The maximum Gasteiger partial charge on any atom is 0.416 e. The van der Waals surface area contributed by atoms with Gasteiger partial charge in [-0.1, -0.05) is 12.1 Å². The molecule has 0 spiro atoms. The maximum atomic E-state index is 13.9. The highest BCUT2D eigenvalue weighted by Crippen LogP contribution is 2.41. The van der Waals surface area contributed by atoms with E-state index in [1.807, 2.05) is 0 Å². The first kappa shape index (κ1) is 23.4. The van der Waals surface area contributed by atoms with Gasteiger partial charge in [-0.25, -0.2) is 18.4 Å². The molecule has 0 saturated heterocycles. The fourth-order valence-electron chi connectivity index (χ4n) is 3.63. The Morgan fingerprint density at radius 3 is 2.41 bits per heavy atom. The number of rotatable bonds is 5. The minimum atomic E-state index is -4.98. The number of aromatic nitrogens is 4. The number of nitrogens with one attached hydrogen (secondary N) is 1. The summed E-state index contributed by atoms with van der Waals surface area (Å²) in [5.41, 5.74) is -2.14. The van der Waals surface area contributed by atoms with Crippen molar-refractivity contribution in [2.45, 2.75) is 32.0 Å². The molecule has 0 fully saturated rings. The Bertz CT molecular complexity index is 1370. The van der Waals surface area contributed by atoms with E-state index in [9.17, 15) is 26.7 Å².